The van der Waals surface area contributed by atoms with Crippen LogP contribution in [0.1, 0.15) is 12.8 Å². The average molecular weight is 225 g/mol. The molecular formula is C11H15NO2S. The molecule has 0 fully saturated rings. The second-order valence-electron chi connectivity index (χ2n) is 3.16. The van der Waals surface area contributed by atoms with Crippen LogP contribution in [0.15, 0.2) is 29.2 Å². The molecule has 0 aromatic heterocycles. The highest BCUT2D eigenvalue weighted by molar-refractivity contribution is 7.98. The number of thioether (sulfide) groups is 1. The predicted molar refractivity (Wildman–Crippen MR) is 63.6 cm³/mol. The van der Waals surface area contributed by atoms with Crippen LogP contribution in [0.2, 0.25) is 0 Å². The number of hydrogen-bond acceptors (Lipinski definition) is 3. The van der Waals surface area contributed by atoms with Gasteiger partial charge >= 0.3 is 5.97 Å². The molecule has 0 bridgehead atoms. The Balaban J connectivity index is 2.33. The Morgan fingerprint density at radius 3 is 3.00 bits per heavy atom. The minimum absolute atomic E-state index is 0.217. The maximum Gasteiger partial charge on any atom is 0.303 e. The van der Waals surface area contributed by atoms with Crippen molar-refractivity contribution in [3.8, 4) is 0 Å². The molecule has 0 heterocycles. The number of carbonyl (C=O) groups is 1. The molecule has 0 saturated carbocycles. The molecule has 0 saturated heterocycles. The molecule has 0 aliphatic rings. The highest BCUT2D eigenvalue weighted by atomic mass is 32.2. The molecule has 0 amide bonds. The van der Waals surface area contributed by atoms with Crippen molar-refractivity contribution in [2.24, 2.45) is 0 Å². The summed E-state index contributed by atoms with van der Waals surface area (Å²) in [5, 5.41) is 11.7. The minimum atomic E-state index is -0.741. The molecule has 0 aliphatic carbocycles. The number of carboxylic acid groups (broad SMARTS) is 1. The molecule has 2 N–H and O–H groups in total. The second kappa shape index (κ2) is 6.35. The highest BCUT2D eigenvalue weighted by Gasteiger charge is 1.97. The fourth-order valence-corrected chi connectivity index (χ4v) is 1.66. The van der Waals surface area contributed by atoms with E-state index in [1.807, 2.05) is 24.5 Å². The van der Waals surface area contributed by atoms with Gasteiger partial charge in [0.1, 0.15) is 0 Å². The lowest BCUT2D eigenvalue weighted by atomic mass is 10.3. The van der Waals surface area contributed by atoms with Gasteiger partial charge in [-0.25, -0.2) is 0 Å². The van der Waals surface area contributed by atoms with Gasteiger partial charge in [-0.1, -0.05) is 6.07 Å². The molecule has 0 radical (unpaired) electrons. The van der Waals surface area contributed by atoms with Gasteiger partial charge in [-0.05, 0) is 30.9 Å². The molecule has 0 unspecified atom stereocenters. The zero-order valence-electron chi connectivity index (χ0n) is 8.69. The Morgan fingerprint density at radius 1 is 1.53 bits per heavy atom. The number of aliphatic carboxylic acids is 1. The van der Waals surface area contributed by atoms with Gasteiger partial charge in [0.05, 0.1) is 0 Å². The third kappa shape index (κ3) is 4.74. The third-order valence-corrected chi connectivity index (χ3v) is 2.69. The smallest absolute Gasteiger partial charge is 0.303 e. The highest BCUT2D eigenvalue weighted by Crippen LogP contribution is 2.18. The molecule has 15 heavy (non-hydrogen) atoms. The molecule has 0 atom stereocenters. The van der Waals surface area contributed by atoms with E-state index < -0.39 is 5.97 Å². The van der Waals surface area contributed by atoms with Crippen molar-refractivity contribution in [3.05, 3.63) is 24.3 Å². The molecule has 4 heteroatoms. The summed E-state index contributed by atoms with van der Waals surface area (Å²) in [6, 6.07) is 8.09. The Hall–Kier alpha value is -1.16. The number of benzene rings is 1. The lowest BCUT2D eigenvalue weighted by Crippen LogP contribution is -2.04. The fourth-order valence-electron chi connectivity index (χ4n) is 1.21. The first kappa shape index (κ1) is 11.9. The van der Waals surface area contributed by atoms with E-state index >= 15 is 0 Å². The van der Waals surface area contributed by atoms with Crippen molar-refractivity contribution in [2.45, 2.75) is 17.7 Å². The minimum Gasteiger partial charge on any atom is -0.481 e. The first-order valence-electron chi connectivity index (χ1n) is 4.82. The molecule has 3 nitrogen and oxygen atoms in total. The zero-order valence-corrected chi connectivity index (χ0v) is 9.51. The van der Waals surface area contributed by atoms with Crippen molar-refractivity contribution in [1.82, 2.24) is 0 Å². The largest absolute Gasteiger partial charge is 0.481 e. The number of rotatable bonds is 6. The van der Waals surface area contributed by atoms with Crippen LogP contribution < -0.4 is 5.32 Å². The molecule has 1 aromatic carbocycles. The summed E-state index contributed by atoms with van der Waals surface area (Å²) in [6.45, 7) is 0.699. The SMILES string of the molecule is CSc1cccc(NCCCC(=O)O)c1. The van der Waals surface area contributed by atoms with E-state index in [0.717, 1.165) is 5.69 Å². The molecule has 1 aromatic rings. The Labute approximate surface area is 93.9 Å². The van der Waals surface area contributed by atoms with Gasteiger partial charge in [0, 0.05) is 23.5 Å². The van der Waals surface area contributed by atoms with Crippen molar-refractivity contribution in [3.63, 3.8) is 0 Å². The average Bonchev–Trinajstić information content (AvgIpc) is 2.24. The van der Waals surface area contributed by atoms with Crippen molar-refractivity contribution in [2.75, 3.05) is 18.1 Å². The first-order chi connectivity index (χ1) is 7.22. The molecule has 0 spiro atoms. The van der Waals surface area contributed by atoms with Gasteiger partial charge < -0.3 is 10.4 Å². The van der Waals surface area contributed by atoms with Gasteiger partial charge in [0.2, 0.25) is 0 Å². The standard InChI is InChI=1S/C11H15NO2S/c1-15-10-5-2-4-9(8-10)12-7-3-6-11(13)14/h2,4-5,8,12H,3,6-7H2,1H3,(H,13,14). The van der Waals surface area contributed by atoms with Crippen LogP contribution in [-0.2, 0) is 4.79 Å². The van der Waals surface area contributed by atoms with Gasteiger partial charge in [-0.15, -0.1) is 11.8 Å². The molecule has 0 aliphatic heterocycles. The van der Waals surface area contributed by atoms with E-state index in [9.17, 15) is 4.79 Å². The predicted octanol–water partition coefficient (Wildman–Crippen LogP) is 2.69. The first-order valence-corrected chi connectivity index (χ1v) is 6.04. The maximum absolute atomic E-state index is 10.3. The zero-order chi connectivity index (χ0) is 11.1. The Kier molecular flexibility index (Phi) is 5.04. The lowest BCUT2D eigenvalue weighted by Gasteiger charge is -2.06. The lowest BCUT2D eigenvalue weighted by molar-refractivity contribution is -0.137. The van der Waals surface area contributed by atoms with Crippen LogP contribution in [0.4, 0.5) is 5.69 Å². The summed E-state index contributed by atoms with van der Waals surface area (Å²) >= 11 is 1.69. The topological polar surface area (TPSA) is 49.3 Å². The number of nitrogens with one attached hydrogen (secondary N) is 1. The normalized spacial score (nSPS) is 9.93. The third-order valence-electron chi connectivity index (χ3n) is 1.97. The summed E-state index contributed by atoms with van der Waals surface area (Å²) in [7, 11) is 0. The summed E-state index contributed by atoms with van der Waals surface area (Å²) in [5.74, 6) is -0.741. The van der Waals surface area contributed by atoms with Crippen LogP contribution in [0.3, 0.4) is 0 Å². The molecule has 1 rings (SSSR count). The van der Waals surface area contributed by atoms with Gasteiger partial charge in [-0.3, -0.25) is 4.79 Å². The fraction of sp³-hybridized carbons (Fsp3) is 0.364. The molecular weight excluding hydrogens is 210 g/mol. The van der Waals surface area contributed by atoms with Crippen molar-refractivity contribution < 1.29 is 9.90 Å². The van der Waals surface area contributed by atoms with E-state index in [2.05, 4.69) is 11.4 Å². The van der Waals surface area contributed by atoms with E-state index in [0.29, 0.717) is 13.0 Å². The van der Waals surface area contributed by atoms with Crippen molar-refractivity contribution >= 4 is 23.4 Å². The van der Waals surface area contributed by atoms with Crippen LogP contribution in [0.25, 0.3) is 0 Å². The number of carboxylic acids is 1. The van der Waals surface area contributed by atoms with Crippen LogP contribution >= 0.6 is 11.8 Å². The van der Waals surface area contributed by atoms with Crippen LogP contribution in [0, 0.1) is 0 Å². The van der Waals surface area contributed by atoms with Crippen molar-refractivity contribution in [1.29, 1.82) is 0 Å². The van der Waals surface area contributed by atoms with Gasteiger partial charge in [0.15, 0.2) is 0 Å². The second-order valence-corrected chi connectivity index (χ2v) is 4.04. The quantitative estimate of drug-likeness (QED) is 0.577. The molecule has 82 valence electrons. The monoisotopic (exact) mass is 225 g/mol. The van der Waals surface area contributed by atoms with E-state index in [1.54, 1.807) is 11.8 Å². The van der Waals surface area contributed by atoms with Crippen LogP contribution in [-0.4, -0.2) is 23.9 Å². The summed E-state index contributed by atoms with van der Waals surface area (Å²) in [6.07, 6.45) is 2.90. The van der Waals surface area contributed by atoms with E-state index in [4.69, 9.17) is 5.11 Å². The number of hydrogen-bond donors (Lipinski definition) is 2. The van der Waals surface area contributed by atoms with E-state index in [1.165, 1.54) is 4.90 Å². The Morgan fingerprint density at radius 2 is 2.33 bits per heavy atom. The summed E-state index contributed by atoms with van der Waals surface area (Å²) in [5.41, 5.74) is 1.05. The summed E-state index contributed by atoms with van der Waals surface area (Å²) in [4.78, 5) is 11.5. The maximum atomic E-state index is 10.3. The summed E-state index contributed by atoms with van der Waals surface area (Å²) < 4.78 is 0. The van der Waals surface area contributed by atoms with Gasteiger partial charge in [0.25, 0.3) is 0 Å². The van der Waals surface area contributed by atoms with E-state index in [-0.39, 0.29) is 6.42 Å². The number of anilines is 1. The van der Waals surface area contributed by atoms with Crippen LogP contribution in [0.5, 0.6) is 0 Å². The Bertz CT molecular complexity index is 328. The van der Waals surface area contributed by atoms with Gasteiger partial charge in [-0.2, -0.15) is 0 Å².